The standard InChI is InChI=1S/C14H26N4/c1-11(2)8-18-13(16-10-17-18)7-15-9-14(5-6-14)12(3)4/h10-12,15H,5-9H2,1-4H3. The van der Waals surface area contributed by atoms with Crippen molar-refractivity contribution in [3.63, 3.8) is 0 Å². The lowest BCUT2D eigenvalue weighted by molar-refractivity contribution is 0.333. The molecule has 1 aromatic rings. The van der Waals surface area contributed by atoms with Crippen LogP contribution in [0, 0.1) is 17.3 Å². The van der Waals surface area contributed by atoms with Crippen molar-refractivity contribution in [1.82, 2.24) is 20.1 Å². The van der Waals surface area contributed by atoms with Gasteiger partial charge in [-0.2, -0.15) is 5.10 Å². The molecule has 1 aliphatic rings. The number of hydrogen-bond donors (Lipinski definition) is 1. The molecule has 1 saturated carbocycles. The minimum Gasteiger partial charge on any atom is -0.309 e. The maximum atomic E-state index is 4.34. The largest absolute Gasteiger partial charge is 0.309 e. The quantitative estimate of drug-likeness (QED) is 0.808. The predicted octanol–water partition coefficient (Wildman–Crippen LogP) is 2.46. The Kier molecular flexibility index (Phi) is 4.05. The van der Waals surface area contributed by atoms with Crippen LogP contribution in [-0.4, -0.2) is 21.3 Å². The van der Waals surface area contributed by atoms with Gasteiger partial charge in [-0.25, -0.2) is 9.67 Å². The fourth-order valence-electron chi connectivity index (χ4n) is 2.47. The third-order valence-electron chi connectivity index (χ3n) is 4.11. The lowest BCUT2D eigenvalue weighted by Gasteiger charge is -2.20. The molecule has 4 nitrogen and oxygen atoms in total. The molecule has 102 valence electrons. The monoisotopic (exact) mass is 250 g/mol. The Bertz CT molecular complexity index is 377. The van der Waals surface area contributed by atoms with Crippen LogP contribution in [-0.2, 0) is 13.1 Å². The Hall–Kier alpha value is -0.900. The van der Waals surface area contributed by atoms with Crippen LogP contribution >= 0.6 is 0 Å². The molecule has 0 saturated heterocycles. The Morgan fingerprint density at radius 3 is 2.61 bits per heavy atom. The van der Waals surface area contributed by atoms with E-state index in [-0.39, 0.29) is 0 Å². The van der Waals surface area contributed by atoms with Crippen molar-refractivity contribution in [1.29, 1.82) is 0 Å². The molecule has 1 heterocycles. The molecule has 0 bridgehead atoms. The fourth-order valence-corrected chi connectivity index (χ4v) is 2.47. The summed E-state index contributed by atoms with van der Waals surface area (Å²) in [6.07, 6.45) is 4.40. The van der Waals surface area contributed by atoms with Crippen LogP contribution in [0.25, 0.3) is 0 Å². The lowest BCUT2D eigenvalue weighted by Crippen LogP contribution is -2.28. The van der Waals surface area contributed by atoms with Crippen LogP contribution in [0.4, 0.5) is 0 Å². The van der Waals surface area contributed by atoms with E-state index in [1.54, 1.807) is 6.33 Å². The number of rotatable bonds is 7. The summed E-state index contributed by atoms with van der Waals surface area (Å²) in [7, 11) is 0. The van der Waals surface area contributed by atoms with E-state index in [0.29, 0.717) is 11.3 Å². The Morgan fingerprint density at radius 2 is 2.06 bits per heavy atom. The van der Waals surface area contributed by atoms with E-state index in [4.69, 9.17) is 0 Å². The molecule has 0 aliphatic heterocycles. The highest BCUT2D eigenvalue weighted by Crippen LogP contribution is 2.51. The smallest absolute Gasteiger partial charge is 0.140 e. The zero-order chi connectivity index (χ0) is 13.2. The average molecular weight is 250 g/mol. The van der Waals surface area contributed by atoms with Crippen LogP contribution in [0.5, 0.6) is 0 Å². The Morgan fingerprint density at radius 1 is 1.33 bits per heavy atom. The number of nitrogens with one attached hydrogen (secondary N) is 1. The van der Waals surface area contributed by atoms with E-state index in [2.05, 4.69) is 43.1 Å². The van der Waals surface area contributed by atoms with Gasteiger partial charge in [-0.1, -0.05) is 27.7 Å². The highest BCUT2D eigenvalue weighted by molar-refractivity contribution is 4.97. The van der Waals surface area contributed by atoms with E-state index in [1.807, 2.05) is 4.68 Å². The van der Waals surface area contributed by atoms with Gasteiger partial charge in [-0.15, -0.1) is 0 Å². The van der Waals surface area contributed by atoms with Gasteiger partial charge in [0.05, 0.1) is 6.54 Å². The molecule has 1 fully saturated rings. The molecule has 1 aromatic heterocycles. The summed E-state index contributed by atoms with van der Waals surface area (Å²) in [6, 6.07) is 0. The molecule has 0 unspecified atom stereocenters. The second-order valence-electron chi connectivity index (χ2n) is 6.37. The molecule has 1 N–H and O–H groups in total. The molecule has 0 radical (unpaired) electrons. The topological polar surface area (TPSA) is 42.7 Å². The summed E-state index contributed by atoms with van der Waals surface area (Å²) in [4.78, 5) is 4.34. The van der Waals surface area contributed by atoms with Crippen molar-refractivity contribution in [3.05, 3.63) is 12.2 Å². The predicted molar refractivity (Wildman–Crippen MR) is 73.1 cm³/mol. The highest BCUT2D eigenvalue weighted by Gasteiger charge is 2.44. The van der Waals surface area contributed by atoms with E-state index in [0.717, 1.165) is 31.4 Å². The minimum atomic E-state index is 0.558. The summed E-state index contributed by atoms with van der Waals surface area (Å²) in [6.45, 7) is 12.0. The molecule has 0 atom stereocenters. The molecule has 2 rings (SSSR count). The first-order valence-corrected chi connectivity index (χ1v) is 7.11. The molecule has 0 aromatic carbocycles. The average Bonchev–Trinajstić information content (AvgIpc) is 2.96. The number of aromatic nitrogens is 3. The van der Waals surface area contributed by atoms with Crippen molar-refractivity contribution in [2.75, 3.05) is 6.54 Å². The van der Waals surface area contributed by atoms with Crippen molar-refractivity contribution in [2.24, 2.45) is 17.3 Å². The summed E-state index contributed by atoms with van der Waals surface area (Å²) >= 11 is 0. The van der Waals surface area contributed by atoms with Gasteiger partial charge in [0.1, 0.15) is 12.2 Å². The Labute approximate surface area is 110 Å². The third kappa shape index (κ3) is 3.10. The van der Waals surface area contributed by atoms with Gasteiger partial charge in [-0.05, 0) is 30.1 Å². The van der Waals surface area contributed by atoms with Gasteiger partial charge >= 0.3 is 0 Å². The maximum absolute atomic E-state index is 4.34. The highest BCUT2D eigenvalue weighted by atomic mass is 15.3. The van der Waals surface area contributed by atoms with Gasteiger partial charge in [0.2, 0.25) is 0 Å². The van der Waals surface area contributed by atoms with Crippen molar-refractivity contribution in [3.8, 4) is 0 Å². The van der Waals surface area contributed by atoms with E-state index < -0.39 is 0 Å². The van der Waals surface area contributed by atoms with Crippen LogP contribution in [0.3, 0.4) is 0 Å². The zero-order valence-electron chi connectivity index (χ0n) is 12.1. The second-order valence-corrected chi connectivity index (χ2v) is 6.37. The van der Waals surface area contributed by atoms with Gasteiger partial charge in [0.25, 0.3) is 0 Å². The first-order valence-electron chi connectivity index (χ1n) is 7.11. The summed E-state index contributed by atoms with van der Waals surface area (Å²) in [5.74, 6) is 2.44. The molecule has 4 heteroatoms. The van der Waals surface area contributed by atoms with E-state index in [1.165, 1.54) is 12.8 Å². The van der Waals surface area contributed by atoms with Gasteiger partial charge in [-0.3, -0.25) is 0 Å². The van der Waals surface area contributed by atoms with Gasteiger partial charge < -0.3 is 5.32 Å². The zero-order valence-corrected chi connectivity index (χ0v) is 12.1. The summed E-state index contributed by atoms with van der Waals surface area (Å²) in [5, 5.41) is 7.85. The molecule has 18 heavy (non-hydrogen) atoms. The first-order chi connectivity index (χ1) is 8.53. The maximum Gasteiger partial charge on any atom is 0.140 e. The van der Waals surface area contributed by atoms with Crippen LogP contribution < -0.4 is 5.32 Å². The normalized spacial score (nSPS) is 17.7. The third-order valence-corrected chi connectivity index (χ3v) is 4.11. The van der Waals surface area contributed by atoms with Crippen molar-refractivity contribution < 1.29 is 0 Å². The molecule has 0 spiro atoms. The minimum absolute atomic E-state index is 0.558. The molecule has 1 aliphatic carbocycles. The molecule has 0 amide bonds. The first kappa shape index (κ1) is 13.5. The summed E-state index contributed by atoms with van der Waals surface area (Å²) in [5.41, 5.74) is 0.558. The molecular weight excluding hydrogens is 224 g/mol. The lowest BCUT2D eigenvalue weighted by atomic mass is 9.92. The van der Waals surface area contributed by atoms with Crippen molar-refractivity contribution in [2.45, 2.75) is 53.6 Å². The van der Waals surface area contributed by atoms with Gasteiger partial charge in [0, 0.05) is 13.1 Å². The van der Waals surface area contributed by atoms with Gasteiger partial charge in [0.15, 0.2) is 0 Å². The SMILES string of the molecule is CC(C)Cn1ncnc1CNCC1(C(C)C)CC1. The second kappa shape index (κ2) is 5.39. The Balaban J connectivity index is 1.82. The van der Waals surface area contributed by atoms with Crippen LogP contribution in [0.2, 0.25) is 0 Å². The van der Waals surface area contributed by atoms with E-state index >= 15 is 0 Å². The molecular formula is C14H26N4. The van der Waals surface area contributed by atoms with Crippen LogP contribution in [0.1, 0.15) is 46.4 Å². The van der Waals surface area contributed by atoms with E-state index in [9.17, 15) is 0 Å². The van der Waals surface area contributed by atoms with Crippen molar-refractivity contribution >= 4 is 0 Å². The van der Waals surface area contributed by atoms with Crippen LogP contribution in [0.15, 0.2) is 6.33 Å². The fraction of sp³-hybridized carbons (Fsp3) is 0.857. The summed E-state index contributed by atoms with van der Waals surface area (Å²) < 4.78 is 2.02. The number of nitrogens with zero attached hydrogens (tertiary/aromatic N) is 3. The number of hydrogen-bond acceptors (Lipinski definition) is 3.